The summed E-state index contributed by atoms with van der Waals surface area (Å²) in [6, 6.07) is 0.774. The number of carbonyl (C=O) groups excluding carboxylic acids is 5. The first-order valence-corrected chi connectivity index (χ1v) is 14.5. The first kappa shape index (κ1) is 35.8. The number of hydrogen-bond donors (Lipinski definition) is 8. The maximum atomic E-state index is 13.3. The molecular formula is C29H43N5O10. The lowest BCUT2D eigenvalue weighted by Crippen LogP contribution is -2.57. The van der Waals surface area contributed by atoms with Gasteiger partial charge in [-0.05, 0) is 55.2 Å². The molecule has 44 heavy (non-hydrogen) atoms. The summed E-state index contributed by atoms with van der Waals surface area (Å²) >= 11 is 0. The van der Waals surface area contributed by atoms with Gasteiger partial charge in [0.15, 0.2) is 11.5 Å². The summed E-state index contributed by atoms with van der Waals surface area (Å²) in [6.45, 7) is 4.20. The Kier molecular flexibility index (Phi) is 13.9. The van der Waals surface area contributed by atoms with Crippen molar-refractivity contribution in [3.63, 3.8) is 0 Å². The minimum absolute atomic E-state index is 0.0287. The summed E-state index contributed by atoms with van der Waals surface area (Å²) in [7, 11) is 0. The van der Waals surface area contributed by atoms with Crippen LogP contribution < -0.4 is 21.3 Å². The fraction of sp³-hybridized carbons (Fsp3) is 0.586. The molecule has 1 aliphatic rings. The highest BCUT2D eigenvalue weighted by Crippen LogP contribution is 2.25. The fourth-order valence-electron chi connectivity index (χ4n) is 4.99. The number of phenolic OH excluding ortho intramolecular Hbond substituents is 2. The summed E-state index contributed by atoms with van der Waals surface area (Å²) < 4.78 is 0. The Morgan fingerprint density at radius 3 is 2.27 bits per heavy atom. The number of carbonyl (C=O) groups is 6. The van der Waals surface area contributed by atoms with Crippen molar-refractivity contribution in [1.29, 1.82) is 0 Å². The summed E-state index contributed by atoms with van der Waals surface area (Å²) in [5.74, 6) is -5.13. The number of benzene rings is 1. The second-order valence-corrected chi connectivity index (χ2v) is 11.3. The highest BCUT2D eigenvalue weighted by molar-refractivity contribution is 5.95. The van der Waals surface area contributed by atoms with Gasteiger partial charge in [0.2, 0.25) is 29.5 Å². The lowest BCUT2D eigenvalue weighted by Gasteiger charge is -2.29. The number of aromatic hydroxyl groups is 2. The molecule has 4 atom stereocenters. The smallest absolute Gasteiger partial charge is 0.328 e. The van der Waals surface area contributed by atoms with E-state index in [1.54, 1.807) is 13.0 Å². The van der Waals surface area contributed by atoms with Crippen LogP contribution in [0.25, 0.3) is 0 Å². The molecule has 1 aromatic carbocycles. The van der Waals surface area contributed by atoms with Crippen molar-refractivity contribution in [3.05, 3.63) is 23.8 Å². The molecule has 0 radical (unpaired) electrons. The maximum Gasteiger partial charge on any atom is 0.328 e. The number of aliphatic hydroxyl groups is 1. The zero-order valence-electron chi connectivity index (χ0n) is 25.2. The monoisotopic (exact) mass is 621 g/mol. The van der Waals surface area contributed by atoms with Crippen molar-refractivity contribution < 1.29 is 49.2 Å². The van der Waals surface area contributed by atoms with Crippen LogP contribution in [0.4, 0.5) is 0 Å². The third-order valence-electron chi connectivity index (χ3n) is 7.22. The number of carboxylic acid groups (broad SMARTS) is 1. The fourth-order valence-corrected chi connectivity index (χ4v) is 4.99. The Labute approximate surface area is 255 Å². The molecule has 0 spiro atoms. The summed E-state index contributed by atoms with van der Waals surface area (Å²) in [4.78, 5) is 76.2. The largest absolute Gasteiger partial charge is 0.504 e. The molecule has 15 heteroatoms. The Balaban J connectivity index is 1.97. The van der Waals surface area contributed by atoms with Gasteiger partial charge in [0.1, 0.15) is 18.1 Å². The van der Waals surface area contributed by atoms with E-state index in [0.717, 1.165) is 0 Å². The van der Waals surface area contributed by atoms with Crippen molar-refractivity contribution in [2.45, 2.75) is 71.0 Å². The van der Waals surface area contributed by atoms with Crippen LogP contribution in [0.3, 0.4) is 0 Å². The van der Waals surface area contributed by atoms with Gasteiger partial charge in [-0.2, -0.15) is 0 Å². The average Bonchev–Trinajstić information content (AvgIpc) is 3.46. The molecule has 244 valence electrons. The molecule has 5 amide bonds. The van der Waals surface area contributed by atoms with Crippen LogP contribution >= 0.6 is 0 Å². The molecule has 0 saturated carbocycles. The highest BCUT2D eigenvalue weighted by atomic mass is 16.4. The molecule has 1 aliphatic heterocycles. The van der Waals surface area contributed by atoms with Crippen molar-refractivity contribution in [2.75, 3.05) is 26.2 Å². The minimum atomic E-state index is -1.53. The van der Waals surface area contributed by atoms with E-state index in [4.69, 9.17) is 10.2 Å². The number of likely N-dealkylation sites (tertiary alicyclic amines) is 1. The van der Waals surface area contributed by atoms with E-state index in [2.05, 4.69) is 21.3 Å². The number of nitrogens with one attached hydrogen (secondary N) is 4. The van der Waals surface area contributed by atoms with E-state index < -0.39 is 66.8 Å². The third kappa shape index (κ3) is 11.0. The van der Waals surface area contributed by atoms with E-state index in [9.17, 15) is 39.0 Å². The van der Waals surface area contributed by atoms with Crippen LogP contribution in [-0.4, -0.2) is 105 Å². The summed E-state index contributed by atoms with van der Waals surface area (Å²) in [5, 5.41) is 46.8. The van der Waals surface area contributed by atoms with Crippen LogP contribution in [0.1, 0.15) is 52.0 Å². The topological polar surface area (TPSA) is 235 Å². The van der Waals surface area contributed by atoms with Gasteiger partial charge in [0, 0.05) is 13.0 Å². The van der Waals surface area contributed by atoms with Gasteiger partial charge < -0.3 is 46.6 Å². The van der Waals surface area contributed by atoms with Crippen molar-refractivity contribution in [1.82, 2.24) is 26.2 Å². The quantitative estimate of drug-likeness (QED) is 0.105. The van der Waals surface area contributed by atoms with E-state index in [1.165, 1.54) is 17.0 Å². The molecule has 8 N–H and O–H groups in total. The Morgan fingerprint density at radius 1 is 0.955 bits per heavy atom. The SMILES string of the molecule is CC(C)CC(C)C(NC(=O)C1CCCN1C(=O)CNC(=O)CCc1ccc(O)c(O)c1)C(=O)NCC(=O)NC(CO)C(=O)O. The average molecular weight is 622 g/mol. The predicted molar refractivity (Wildman–Crippen MR) is 156 cm³/mol. The van der Waals surface area contributed by atoms with Crippen LogP contribution in [0.15, 0.2) is 18.2 Å². The molecule has 1 saturated heterocycles. The minimum Gasteiger partial charge on any atom is -0.504 e. The van der Waals surface area contributed by atoms with Crippen LogP contribution in [0.5, 0.6) is 11.5 Å². The van der Waals surface area contributed by atoms with Crippen molar-refractivity contribution in [3.8, 4) is 11.5 Å². The van der Waals surface area contributed by atoms with E-state index in [-0.39, 0.29) is 49.3 Å². The van der Waals surface area contributed by atoms with Gasteiger partial charge in [0.05, 0.1) is 19.7 Å². The Morgan fingerprint density at radius 2 is 1.66 bits per heavy atom. The van der Waals surface area contributed by atoms with Gasteiger partial charge in [-0.25, -0.2) is 4.79 Å². The summed E-state index contributed by atoms with van der Waals surface area (Å²) in [6.07, 6.45) is 1.74. The number of aryl methyl sites for hydroxylation is 1. The lowest BCUT2D eigenvalue weighted by atomic mass is 9.91. The number of aliphatic hydroxyl groups excluding tert-OH is 1. The molecule has 0 aromatic heterocycles. The Hall–Kier alpha value is -4.40. The van der Waals surface area contributed by atoms with Crippen LogP contribution in [0.2, 0.25) is 0 Å². The zero-order valence-corrected chi connectivity index (χ0v) is 25.2. The van der Waals surface area contributed by atoms with Gasteiger partial charge in [-0.3, -0.25) is 24.0 Å². The standard InChI is InChI=1S/C29H43N5O10/c1-16(2)11-17(3)26(28(42)31-13-24(39)32-19(15-35)29(43)44)33-27(41)20-5-4-10-34(20)25(40)14-30-23(38)9-7-18-6-8-21(36)22(37)12-18/h6,8,12,16-17,19-20,26,35-37H,4-5,7,9-11,13-15H2,1-3H3,(H,30,38)(H,31,42)(H,32,39)(H,33,41)(H,43,44). The predicted octanol–water partition coefficient (Wildman–Crippen LogP) is -1.02. The molecular weight excluding hydrogens is 578 g/mol. The molecule has 1 fully saturated rings. The zero-order chi connectivity index (χ0) is 33.0. The maximum absolute atomic E-state index is 13.3. The van der Waals surface area contributed by atoms with Gasteiger partial charge in [0.25, 0.3) is 0 Å². The number of aliphatic carboxylic acids is 1. The normalized spacial score (nSPS) is 16.5. The molecule has 0 aliphatic carbocycles. The number of hydrogen-bond acceptors (Lipinski definition) is 9. The van der Waals surface area contributed by atoms with E-state index in [0.29, 0.717) is 24.8 Å². The van der Waals surface area contributed by atoms with Crippen LogP contribution in [-0.2, 0) is 35.2 Å². The van der Waals surface area contributed by atoms with Crippen LogP contribution in [0, 0.1) is 11.8 Å². The third-order valence-corrected chi connectivity index (χ3v) is 7.22. The highest BCUT2D eigenvalue weighted by Gasteiger charge is 2.37. The number of rotatable bonds is 16. The van der Waals surface area contributed by atoms with Crippen molar-refractivity contribution in [2.24, 2.45) is 11.8 Å². The molecule has 2 rings (SSSR count). The number of carboxylic acids is 1. The lowest BCUT2D eigenvalue weighted by molar-refractivity contribution is -0.143. The first-order chi connectivity index (χ1) is 20.7. The van der Waals surface area contributed by atoms with Gasteiger partial charge in [-0.1, -0.05) is 26.8 Å². The Bertz CT molecular complexity index is 1210. The molecule has 1 aromatic rings. The van der Waals surface area contributed by atoms with E-state index >= 15 is 0 Å². The number of phenols is 2. The molecule has 4 unspecified atom stereocenters. The molecule has 0 bridgehead atoms. The number of nitrogens with zero attached hydrogens (tertiary/aromatic N) is 1. The summed E-state index contributed by atoms with van der Waals surface area (Å²) in [5.41, 5.74) is 0.624. The van der Waals surface area contributed by atoms with E-state index in [1.807, 2.05) is 13.8 Å². The molecule has 15 nitrogen and oxygen atoms in total. The second kappa shape index (κ2) is 17.0. The molecule has 1 heterocycles. The second-order valence-electron chi connectivity index (χ2n) is 11.3. The van der Waals surface area contributed by atoms with Crippen molar-refractivity contribution >= 4 is 35.5 Å². The number of amides is 5. The van der Waals surface area contributed by atoms with Gasteiger partial charge >= 0.3 is 5.97 Å². The van der Waals surface area contributed by atoms with Gasteiger partial charge in [-0.15, -0.1) is 0 Å². The first-order valence-electron chi connectivity index (χ1n) is 14.5.